The number of halogens is 1. The van der Waals surface area contributed by atoms with E-state index < -0.39 is 0 Å². The van der Waals surface area contributed by atoms with Gasteiger partial charge in [0.1, 0.15) is 5.01 Å². The molecular weight excluding hydrogens is 421 g/mol. The van der Waals surface area contributed by atoms with E-state index in [4.69, 9.17) is 0 Å². The zero-order valence-electron chi connectivity index (χ0n) is 14.6. The smallest absolute Gasteiger partial charge is 0.191 e. The van der Waals surface area contributed by atoms with Gasteiger partial charge in [-0.3, -0.25) is 0 Å². The number of aliphatic imine (C=N–C) groups is 1. The first kappa shape index (κ1) is 20.6. The van der Waals surface area contributed by atoms with E-state index in [2.05, 4.69) is 58.7 Å². The largest absolute Gasteiger partial charge is 0.357 e. The molecule has 0 bridgehead atoms. The van der Waals surface area contributed by atoms with Gasteiger partial charge in [-0.05, 0) is 39.3 Å². The molecule has 1 fully saturated rings. The van der Waals surface area contributed by atoms with Gasteiger partial charge in [0.05, 0.1) is 12.2 Å². The van der Waals surface area contributed by atoms with Crippen LogP contribution in [0.2, 0.25) is 0 Å². The molecule has 2 heterocycles. The third kappa shape index (κ3) is 6.54. The summed E-state index contributed by atoms with van der Waals surface area (Å²) in [6.45, 7) is 10.1. The summed E-state index contributed by atoms with van der Waals surface area (Å²) >= 11 is 1.70. The normalized spacial score (nSPS) is 19.0. The third-order valence-electron chi connectivity index (χ3n) is 4.05. The molecule has 1 aliphatic heterocycles. The molecule has 7 heteroatoms. The Morgan fingerprint density at radius 3 is 2.83 bits per heavy atom. The second-order valence-electron chi connectivity index (χ2n) is 6.17. The van der Waals surface area contributed by atoms with E-state index in [9.17, 15) is 0 Å². The van der Waals surface area contributed by atoms with Crippen molar-refractivity contribution >= 4 is 41.3 Å². The maximum absolute atomic E-state index is 4.67. The minimum absolute atomic E-state index is 0. The average Bonchev–Trinajstić information content (AvgIpc) is 3.11. The Kier molecular flexibility index (Phi) is 9.38. The maximum atomic E-state index is 4.67. The second kappa shape index (κ2) is 10.5. The zero-order chi connectivity index (χ0) is 15.9. The molecule has 1 atom stereocenters. The van der Waals surface area contributed by atoms with E-state index in [1.807, 2.05) is 0 Å². The van der Waals surface area contributed by atoms with Gasteiger partial charge in [-0.15, -0.1) is 35.3 Å². The highest BCUT2D eigenvalue weighted by Crippen LogP contribution is 2.18. The van der Waals surface area contributed by atoms with Gasteiger partial charge >= 0.3 is 0 Å². The molecule has 0 amide bonds. The van der Waals surface area contributed by atoms with Crippen molar-refractivity contribution in [2.24, 2.45) is 4.99 Å². The van der Waals surface area contributed by atoms with Crippen molar-refractivity contribution in [3.63, 3.8) is 0 Å². The van der Waals surface area contributed by atoms with E-state index in [1.54, 1.807) is 11.3 Å². The summed E-state index contributed by atoms with van der Waals surface area (Å²) in [6, 6.07) is 0.622. The summed E-state index contributed by atoms with van der Waals surface area (Å²) in [4.78, 5) is 11.7. The van der Waals surface area contributed by atoms with Crippen molar-refractivity contribution in [1.29, 1.82) is 0 Å². The van der Waals surface area contributed by atoms with E-state index in [0.717, 1.165) is 24.1 Å². The Morgan fingerprint density at radius 1 is 1.48 bits per heavy atom. The van der Waals surface area contributed by atoms with E-state index in [-0.39, 0.29) is 24.0 Å². The fourth-order valence-electron chi connectivity index (χ4n) is 2.60. The number of hydrogen-bond donors (Lipinski definition) is 2. The minimum Gasteiger partial charge on any atom is -0.357 e. The van der Waals surface area contributed by atoms with Crippen LogP contribution in [0.1, 0.15) is 50.2 Å². The predicted molar refractivity (Wildman–Crippen MR) is 110 cm³/mol. The summed E-state index contributed by atoms with van der Waals surface area (Å²) in [7, 11) is 2.20. The molecule has 0 aliphatic carbocycles. The summed E-state index contributed by atoms with van der Waals surface area (Å²) < 4.78 is 0. The summed E-state index contributed by atoms with van der Waals surface area (Å²) in [6.07, 6.45) is 2.57. The average molecular weight is 451 g/mol. The van der Waals surface area contributed by atoms with Crippen molar-refractivity contribution in [3.05, 3.63) is 16.1 Å². The second-order valence-corrected chi connectivity index (χ2v) is 7.12. The van der Waals surface area contributed by atoms with Crippen LogP contribution in [0.5, 0.6) is 0 Å². The van der Waals surface area contributed by atoms with Gasteiger partial charge in [-0.1, -0.05) is 13.8 Å². The van der Waals surface area contributed by atoms with Crippen LogP contribution in [-0.2, 0) is 6.54 Å². The van der Waals surface area contributed by atoms with E-state index in [0.29, 0.717) is 18.5 Å². The Morgan fingerprint density at radius 2 is 2.26 bits per heavy atom. The van der Waals surface area contributed by atoms with E-state index in [1.165, 1.54) is 25.1 Å². The number of likely N-dealkylation sites (N-methyl/N-ethyl adjacent to an activating group) is 1. The first-order valence-electron chi connectivity index (χ1n) is 8.26. The highest BCUT2D eigenvalue weighted by molar-refractivity contribution is 14.0. The molecule has 2 rings (SSSR count). The molecule has 0 spiro atoms. The molecule has 2 N–H and O–H groups in total. The van der Waals surface area contributed by atoms with E-state index >= 15 is 0 Å². The number of likely N-dealkylation sites (tertiary alicyclic amines) is 1. The number of hydrogen-bond acceptors (Lipinski definition) is 4. The lowest BCUT2D eigenvalue weighted by atomic mass is 10.2. The quantitative estimate of drug-likeness (QED) is 0.397. The van der Waals surface area contributed by atoms with Crippen molar-refractivity contribution in [3.8, 4) is 0 Å². The lowest BCUT2D eigenvalue weighted by molar-refractivity contribution is 0.309. The number of aromatic nitrogens is 1. The topological polar surface area (TPSA) is 52.6 Å². The Labute approximate surface area is 161 Å². The fraction of sp³-hybridized carbons (Fsp3) is 0.750. The molecule has 23 heavy (non-hydrogen) atoms. The van der Waals surface area contributed by atoms with Crippen LogP contribution in [0.15, 0.2) is 10.4 Å². The molecule has 5 nitrogen and oxygen atoms in total. The van der Waals surface area contributed by atoms with Gasteiger partial charge in [0.25, 0.3) is 0 Å². The highest BCUT2D eigenvalue weighted by atomic mass is 127. The Bertz CT molecular complexity index is 489. The van der Waals surface area contributed by atoms with Gasteiger partial charge in [-0.2, -0.15) is 0 Å². The highest BCUT2D eigenvalue weighted by Gasteiger charge is 2.20. The lowest BCUT2D eigenvalue weighted by Crippen LogP contribution is -2.44. The fourth-order valence-corrected chi connectivity index (χ4v) is 3.48. The van der Waals surface area contributed by atoms with Crippen LogP contribution >= 0.6 is 35.3 Å². The minimum atomic E-state index is 0. The van der Waals surface area contributed by atoms with Gasteiger partial charge in [0.2, 0.25) is 0 Å². The number of guanidine groups is 1. The summed E-state index contributed by atoms with van der Waals surface area (Å²) in [5.41, 5.74) is 1.17. The third-order valence-corrected chi connectivity index (χ3v) is 4.91. The number of thiazole rings is 1. The number of nitrogens with zero attached hydrogens (tertiary/aromatic N) is 3. The van der Waals surface area contributed by atoms with Crippen LogP contribution in [0.3, 0.4) is 0 Å². The molecule has 0 radical (unpaired) electrons. The molecule has 1 aromatic rings. The first-order valence-corrected chi connectivity index (χ1v) is 9.14. The van der Waals surface area contributed by atoms with Crippen molar-refractivity contribution in [2.75, 3.05) is 26.7 Å². The monoisotopic (exact) mass is 451 g/mol. The van der Waals surface area contributed by atoms with Crippen LogP contribution < -0.4 is 10.6 Å². The predicted octanol–water partition coefficient (Wildman–Crippen LogP) is 3.03. The molecule has 132 valence electrons. The maximum Gasteiger partial charge on any atom is 0.191 e. The van der Waals surface area contributed by atoms with Crippen LogP contribution in [0.4, 0.5) is 0 Å². The molecule has 1 aromatic heterocycles. The lowest BCUT2D eigenvalue weighted by Gasteiger charge is -2.21. The SMILES string of the molecule is CCNC(=NCc1nc(C(C)C)cs1)NCC1CCCN1C.I. The van der Waals surface area contributed by atoms with Gasteiger partial charge in [-0.25, -0.2) is 9.98 Å². The number of nitrogens with one attached hydrogen (secondary N) is 2. The molecule has 1 unspecified atom stereocenters. The first-order chi connectivity index (χ1) is 10.6. The summed E-state index contributed by atoms with van der Waals surface area (Å²) in [5, 5.41) is 10.0. The molecular formula is C16H30IN5S. The molecule has 1 aliphatic rings. The van der Waals surface area contributed by atoms with Crippen LogP contribution in [0.25, 0.3) is 0 Å². The standard InChI is InChI=1S/C16H29N5S.HI/c1-5-17-16(18-9-13-7-6-8-21(13)4)19-10-15-20-14(11-22-15)12(2)3;/h11-13H,5-10H2,1-4H3,(H2,17,18,19);1H. The number of rotatable bonds is 6. The molecule has 0 saturated carbocycles. The Hall–Kier alpha value is -0.410. The van der Waals surface area contributed by atoms with Crippen molar-refractivity contribution in [2.45, 2.75) is 52.1 Å². The van der Waals surface area contributed by atoms with Gasteiger partial charge < -0.3 is 15.5 Å². The van der Waals surface area contributed by atoms with Crippen molar-refractivity contribution in [1.82, 2.24) is 20.5 Å². The summed E-state index contributed by atoms with van der Waals surface area (Å²) in [5.74, 6) is 1.38. The zero-order valence-corrected chi connectivity index (χ0v) is 17.8. The molecule has 1 saturated heterocycles. The van der Waals surface area contributed by atoms with Crippen molar-refractivity contribution < 1.29 is 0 Å². The van der Waals surface area contributed by atoms with Crippen LogP contribution in [-0.4, -0.2) is 48.6 Å². The van der Waals surface area contributed by atoms with Crippen LogP contribution in [0, 0.1) is 0 Å². The van der Waals surface area contributed by atoms with Gasteiger partial charge in [0, 0.05) is 24.5 Å². The Balaban J connectivity index is 0.00000264. The molecule has 0 aromatic carbocycles. The van der Waals surface area contributed by atoms with Gasteiger partial charge in [0.15, 0.2) is 5.96 Å².